The van der Waals surface area contributed by atoms with Gasteiger partial charge in [0.15, 0.2) is 11.5 Å². The molecular weight excluding hydrogens is 360 g/mol. The zero-order valence-corrected chi connectivity index (χ0v) is 17.5. The first-order valence-electron chi connectivity index (χ1n) is 9.86. The van der Waals surface area contributed by atoms with E-state index in [0.717, 1.165) is 28.3 Å². The van der Waals surface area contributed by atoms with Gasteiger partial charge in [0.25, 0.3) is 0 Å². The highest BCUT2D eigenvalue weighted by atomic mass is 16.5. The highest BCUT2D eigenvalue weighted by Gasteiger charge is 2.06. The highest BCUT2D eigenvalue weighted by Crippen LogP contribution is 2.29. The lowest BCUT2D eigenvalue weighted by Crippen LogP contribution is -2.00. The third kappa shape index (κ3) is 5.85. The van der Waals surface area contributed by atoms with Crippen LogP contribution in [0.2, 0.25) is 0 Å². The molecule has 150 valence electrons. The number of rotatable bonds is 8. The van der Waals surface area contributed by atoms with Gasteiger partial charge in [-0.2, -0.15) is 5.10 Å². The Bertz CT molecular complexity index is 979. The van der Waals surface area contributed by atoms with Gasteiger partial charge in [0, 0.05) is 0 Å². The van der Waals surface area contributed by atoms with Gasteiger partial charge >= 0.3 is 0 Å². The molecule has 0 bridgehead atoms. The molecule has 4 heteroatoms. The SMILES string of the molecule is CCOc1cc(/C=N/Nc2ccc(C)c(C)c2)ccc1OCc1ccc(C)cc1. The molecule has 3 rings (SSSR count). The van der Waals surface area contributed by atoms with Gasteiger partial charge < -0.3 is 9.47 Å². The minimum absolute atomic E-state index is 0.502. The number of hydrogen-bond donors (Lipinski definition) is 1. The van der Waals surface area contributed by atoms with E-state index in [1.807, 2.05) is 31.2 Å². The van der Waals surface area contributed by atoms with Crippen LogP contribution in [0.4, 0.5) is 5.69 Å². The Kier molecular flexibility index (Phi) is 6.90. The van der Waals surface area contributed by atoms with Crippen LogP contribution >= 0.6 is 0 Å². The van der Waals surface area contributed by atoms with E-state index < -0.39 is 0 Å². The molecule has 0 unspecified atom stereocenters. The third-order valence-corrected chi connectivity index (χ3v) is 4.70. The van der Waals surface area contributed by atoms with Crippen LogP contribution < -0.4 is 14.9 Å². The Morgan fingerprint density at radius 2 is 1.62 bits per heavy atom. The van der Waals surface area contributed by atoms with Crippen LogP contribution in [0.25, 0.3) is 0 Å². The number of hydrogen-bond acceptors (Lipinski definition) is 4. The molecule has 4 nitrogen and oxygen atoms in total. The number of anilines is 1. The van der Waals surface area contributed by atoms with Gasteiger partial charge in [0.2, 0.25) is 0 Å². The van der Waals surface area contributed by atoms with Crippen molar-refractivity contribution in [2.24, 2.45) is 5.10 Å². The van der Waals surface area contributed by atoms with E-state index in [4.69, 9.17) is 9.47 Å². The van der Waals surface area contributed by atoms with Gasteiger partial charge in [-0.3, -0.25) is 5.43 Å². The minimum atomic E-state index is 0.502. The molecular formula is C25H28N2O2. The van der Waals surface area contributed by atoms with Crippen molar-refractivity contribution in [3.05, 3.63) is 88.5 Å². The average Bonchev–Trinajstić information content (AvgIpc) is 2.71. The van der Waals surface area contributed by atoms with Crippen molar-refractivity contribution in [2.75, 3.05) is 12.0 Å². The van der Waals surface area contributed by atoms with Gasteiger partial charge in [-0.1, -0.05) is 35.9 Å². The molecule has 0 fully saturated rings. The Balaban J connectivity index is 1.67. The second-order valence-electron chi connectivity index (χ2n) is 7.08. The molecule has 0 aliphatic carbocycles. The summed E-state index contributed by atoms with van der Waals surface area (Å²) in [4.78, 5) is 0. The number of ether oxygens (including phenoxy) is 2. The normalized spacial score (nSPS) is 10.9. The Morgan fingerprint density at radius 1 is 0.828 bits per heavy atom. The van der Waals surface area contributed by atoms with Crippen molar-refractivity contribution < 1.29 is 9.47 Å². The van der Waals surface area contributed by atoms with Gasteiger partial charge in [0.05, 0.1) is 18.5 Å². The van der Waals surface area contributed by atoms with Crippen molar-refractivity contribution in [3.8, 4) is 11.5 Å². The van der Waals surface area contributed by atoms with E-state index >= 15 is 0 Å². The maximum Gasteiger partial charge on any atom is 0.161 e. The van der Waals surface area contributed by atoms with Crippen LogP contribution in [-0.2, 0) is 6.61 Å². The van der Waals surface area contributed by atoms with Gasteiger partial charge in [-0.25, -0.2) is 0 Å². The zero-order valence-electron chi connectivity index (χ0n) is 17.5. The van der Waals surface area contributed by atoms with Gasteiger partial charge in [-0.05, 0) is 80.3 Å². The molecule has 0 aliphatic rings. The van der Waals surface area contributed by atoms with Crippen molar-refractivity contribution in [2.45, 2.75) is 34.3 Å². The molecule has 0 aliphatic heterocycles. The standard InChI is InChI=1S/C25H28N2O2/c1-5-28-25-15-22(16-26-27-23-12-8-19(3)20(4)14-23)11-13-24(25)29-17-21-9-6-18(2)7-10-21/h6-16,27H,5,17H2,1-4H3/b26-16+. The Labute approximate surface area is 173 Å². The van der Waals surface area contributed by atoms with E-state index in [2.05, 4.69) is 67.7 Å². The molecule has 0 saturated heterocycles. The molecule has 0 heterocycles. The quantitative estimate of drug-likeness (QED) is 0.378. The lowest BCUT2D eigenvalue weighted by molar-refractivity contribution is 0.269. The number of nitrogens with zero attached hydrogens (tertiary/aromatic N) is 1. The van der Waals surface area contributed by atoms with E-state index in [1.165, 1.54) is 16.7 Å². The summed E-state index contributed by atoms with van der Waals surface area (Å²) in [5, 5.41) is 4.34. The first kappa shape index (κ1) is 20.5. The monoisotopic (exact) mass is 388 g/mol. The van der Waals surface area contributed by atoms with E-state index in [-0.39, 0.29) is 0 Å². The van der Waals surface area contributed by atoms with E-state index in [1.54, 1.807) is 6.21 Å². The zero-order chi connectivity index (χ0) is 20.6. The van der Waals surface area contributed by atoms with Crippen LogP contribution in [0.5, 0.6) is 11.5 Å². The number of nitrogens with one attached hydrogen (secondary N) is 1. The first-order chi connectivity index (χ1) is 14.0. The number of hydrazone groups is 1. The first-order valence-corrected chi connectivity index (χ1v) is 9.86. The summed E-state index contributed by atoms with van der Waals surface area (Å²) < 4.78 is 11.8. The molecule has 0 saturated carbocycles. The molecule has 3 aromatic rings. The van der Waals surface area contributed by atoms with Crippen LogP contribution in [0.3, 0.4) is 0 Å². The third-order valence-electron chi connectivity index (χ3n) is 4.70. The van der Waals surface area contributed by atoms with Crippen LogP contribution in [-0.4, -0.2) is 12.8 Å². The van der Waals surface area contributed by atoms with Crippen LogP contribution in [0, 0.1) is 20.8 Å². The van der Waals surface area contributed by atoms with Gasteiger partial charge in [-0.15, -0.1) is 0 Å². The topological polar surface area (TPSA) is 42.8 Å². The predicted molar refractivity (Wildman–Crippen MR) is 120 cm³/mol. The average molecular weight is 389 g/mol. The Morgan fingerprint density at radius 3 is 2.34 bits per heavy atom. The molecule has 0 radical (unpaired) electrons. The molecule has 0 amide bonds. The molecule has 0 atom stereocenters. The Hall–Kier alpha value is -3.27. The predicted octanol–water partition coefficient (Wildman–Crippen LogP) is 6.04. The van der Waals surface area contributed by atoms with Crippen molar-refractivity contribution in [1.29, 1.82) is 0 Å². The summed E-state index contributed by atoms with van der Waals surface area (Å²) in [5.74, 6) is 1.45. The van der Waals surface area contributed by atoms with E-state index in [9.17, 15) is 0 Å². The fourth-order valence-electron chi connectivity index (χ4n) is 2.83. The maximum absolute atomic E-state index is 5.98. The summed E-state index contributed by atoms with van der Waals surface area (Å²) in [5.41, 5.74) is 9.84. The fraction of sp³-hybridized carbons (Fsp3) is 0.240. The molecule has 1 N–H and O–H groups in total. The summed E-state index contributed by atoms with van der Waals surface area (Å²) in [6, 6.07) is 20.4. The maximum atomic E-state index is 5.98. The lowest BCUT2D eigenvalue weighted by Gasteiger charge is -2.13. The molecule has 3 aromatic carbocycles. The van der Waals surface area contributed by atoms with Crippen molar-refractivity contribution in [3.63, 3.8) is 0 Å². The van der Waals surface area contributed by atoms with E-state index in [0.29, 0.717) is 13.2 Å². The second-order valence-corrected chi connectivity index (χ2v) is 7.08. The fourth-order valence-corrected chi connectivity index (χ4v) is 2.83. The van der Waals surface area contributed by atoms with Crippen LogP contribution in [0.1, 0.15) is 34.7 Å². The largest absolute Gasteiger partial charge is 0.490 e. The number of aryl methyl sites for hydroxylation is 3. The number of benzene rings is 3. The highest BCUT2D eigenvalue weighted by molar-refractivity contribution is 5.81. The van der Waals surface area contributed by atoms with Gasteiger partial charge in [0.1, 0.15) is 6.61 Å². The minimum Gasteiger partial charge on any atom is -0.490 e. The molecule has 29 heavy (non-hydrogen) atoms. The summed E-state index contributed by atoms with van der Waals surface area (Å²) in [7, 11) is 0. The molecule has 0 spiro atoms. The summed E-state index contributed by atoms with van der Waals surface area (Å²) in [6.07, 6.45) is 1.78. The summed E-state index contributed by atoms with van der Waals surface area (Å²) >= 11 is 0. The summed E-state index contributed by atoms with van der Waals surface area (Å²) in [6.45, 7) is 9.30. The molecule has 0 aromatic heterocycles. The van der Waals surface area contributed by atoms with Crippen molar-refractivity contribution in [1.82, 2.24) is 0 Å². The second kappa shape index (κ2) is 9.78. The smallest absolute Gasteiger partial charge is 0.161 e. The van der Waals surface area contributed by atoms with Crippen LogP contribution in [0.15, 0.2) is 65.8 Å². The van der Waals surface area contributed by atoms with Crippen molar-refractivity contribution >= 4 is 11.9 Å². The lowest BCUT2D eigenvalue weighted by atomic mass is 10.1.